The molecular formula is C10H15N5O. The van der Waals surface area contributed by atoms with Crippen LogP contribution in [0, 0.1) is 0 Å². The predicted octanol–water partition coefficient (Wildman–Crippen LogP) is 0.858. The lowest BCUT2D eigenvalue weighted by molar-refractivity contribution is 0.172. The molecule has 2 aromatic rings. The lowest BCUT2D eigenvalue weighted by Gasteiger charge is -2.05. The Morgan fingerprint density at radius 1 is 1.50 bits per heavy atom. The van der Waals surface area contributed by atoms with Crippen molar-refractivity contribution < 1.29 is 5.11 Å². The Bertz CT molecular complexity index is 434. The summed E-state index contributed by atoms with van der Waals surface area (Å²) in [6, 6.07) is 2.24. The Morgan fingerprint density at radius 2 is 2.31 bits per heavy atom. The van der Waals surface area contributed by atoms with E-state index >= 15 is 0 Å². The zero-order valence-corrected chi connectivity index (χ0v) is 9.33. The number of aromatic amines is 1. The van der Waals surface area contributed by atoms with Crippen LogP contribution in [0.15, 0.2) is 18.5 Å². The second kappa shape index (κ2) is 4.44. The molecule has 0 saturated heterocycles. The maximum absolute atomic E-state index is 9.84. The summed E-state index contributed by atoms with van der Waals surface area (Å²) in [5, 5.41) is 24.2. The number of nitrogens with one attached hydrogen (secondary N) is 1. The monoisotopic (exact) mass is 221 g/mol. The van der Waals surface area contributed by atoms with Gasteiger partial charge in [-0.15, -0.1) is 0 Å². The molecule has 0 aromatic carbocycles. The Kier molecular flexibility index (Phi) is 3.00. The molecule has 2 N–H and O–H groups in total. The Balaban J connectivity index is 2.03. The standard InChI is InChI=1S/C10H15N5O/c1-7(2)15-4-3-8(13-15)5-10(16)9-6-11-14-12-9/h3-4,6-7,10,16H,5H2,1-2H3,(H,11,12,14). The predicted molar refractivity (Wildman–Crippen MR) is 57.7 cm³/mol. The largest absolute Gasteiger partial charge is 0.386 e. The fourth-order valence-electron chi connectivity index (χ4n) is 1.45. The van der Waals surface area contributed by atoms with Gasteiger partial charge in [-0.3, -0.25) is 4.68 Å². The van der Waals surface area contributed by atoms with E-state index in [1.165, 1.54) is 6.20 Å². The molecule has 0 aliphatic rings. The first-order chi connectivity index (χ1) is 7.66. The van der Waals surface area contributed by atoms with Gasteiger partial charge >= 0.3 is 0 Å². The normalized spacial score (nSPS) is 13.2. The number of aromatic nitrogens is 5. The molecule has 0 saturated carbocycles. The van der Waals surface area contributed by atoms with E-state index < -0.39 is 6.10 Å². The van der Waals surface area contributed by atoms with Crippen molar-refractivity contribution in [1.82, 2.24) is 25.2 Å². The number of aliphatic hydroxyl groups is 1. The highest BCUT2D eigenvalue weighted by Crippen LogP contribution is 2.14. The molecule has 1 atom stereocenters. The third-order valence-corrected chi connectivity index (χ3v) is 2.37. The molecule has 0 spiro atoms. The van der Waals surface area contributed by atoms with E-state index in [-0.39, 0.29) is 0 Å². The van der Waals surface area contributed by atoms with Gasteiger partial charge in [-0.25, -0.2) is 0 Å². The summed E-state index contributed by atoms with van der Waals surface area (Å²) in [6.07, 6.45) is 3.22. The molecule has 0 fully saturated rings. The maximum atomic E-state index is 9.84. The molecule has 86 valence electrons. The molecule has 0 amide bonds. The molecule has 2 heterocycles. The second-order valence-electron chi connectivity index (χ2n) is 4.00. The highest BCUT2D eigenvalue weighted by molar-refractivity contribution is 5.06. The van der Waals surface area contributed by atoms with E-state index in [0.29, 0.717) is 18.2 Å². The average molecular weight is 221 g/mol. The van der Waals surface area contributed by atoms with Crippen molar-refractivity contribution in [3.63, 3.8) is 0 Å². The maximum Gasteiger partial charge on any atom is 0.111 e. The van der Waals surface area contributed by atoms with Crippen LogP contribution in [0.5, 0.6) is 0 Å². The first-order valence-corrected chi connectivity index (χ1v) is 5.24. The Morgan fingerprint density at radius 3 is 2.88 bits per heavy atom. The molecule has 0 aliphatic heterocycles. The van der Waals surface area contributed by atoms with Crippen molar-refractivity contribution in [2.75, 3.05) is 0 Å². The smallest absolute Gasteiger partial charge is 0.111 e. The van der Waals surface area contributed by atoms with Crippen molar-refractivity contribution in [2.45, 2.75) is 32.4 Å². The van der Waals surface area contributed by atoms with E-state index in [1.54, 1.807) is 0 Å². The quantitative estimate of drug-likeness (QED) is 0.802. The van der Waals surface area contributed by atoms with E-state index in [9.17, 15) is 5.11 Å². The number of aliphatic hydroxyl groups excluding tert-OH is 1. The molecule has 6 heteroatoms. The third-order valence-electron chi connectivity index (χ3n) is 2.37. The summed E-state index contributed by atoms with van der Waals surface area (Å²) < 4.78 is 1.87. The molecule has 0 radical (unpaired) electrons. The van der Waals surface area contributed by atoms with Crippen molar-refractivity contribution in [1.29, 1.82) is 0 Å². The molecular weight excluding hydrogens is 206 g/mol. The van der Waals surface area contributed by atoms with Gasteiger partial charge in [-0.1, -0.05) is 0 Å². The second-order valence-corrected chi connectivity index (χ2v) is 4.00. The van der Waals surface area contributed by atoms with Gasteiger partial charge in [0, 0.05) is 18.7 Å². The van der Waals surface area contributed by atoms with Gasteiger partial charge in [0.1, 0.15) is 11.8 Å². The Labute approximate surface area is 93.3 Å². The van der Waals surface area contributed by atoms with Crippen molar-refractivity contribution in [3.05, 3.63) is 29.8 Å². The lowest BCUT2D eigenvalue weighted by atomic mass is 10.1. The molecule has 2 aromatic heterocycles. The molecule has 0 aliphatic carbocycles. The van der Waals surface area contributed by atoms with E-state index in [4.69, 9.17) is 0 Å². The van der Waals surface area contributed by atoms with Crippen LogP contribution in [0.4, 0.5) is 0 Å². The van der Waals surface area contributed by atoms with Crippen LogP contribution >= 0.6 is 0 Å². The van der Waals surface area contributed by atoms with Gasteiger partial charge in [0.05, 0.1) is 11.9 Å². The summed E-state index contributed by atoms with van der Waals surface area (Å²) in [7, 11) is 0. The fraction of sp³-hybridized carbons (Fsp3) is 0.500. The zero-order chi connectivity index (χ0) is 11.5. The van der Waals surface area contributed by atoms with E-state index in [2.05, 4.69) is 34.4 Å². The van der Waals surface area contributed by atoms with Crippen LogP contribution in [0.2, 0.25) is 0 Å². The third kappa shape index (κ3) is 2.27. The summed E-state index contributed by atoms with van der Waals surface area (Å²) >= 11 is 0. The highest BCUT2D eigenvalue weighted by atomic mass is 16.3. The van der Waals surface area contributed by atoms with Crippen LogP contribution in [-0.2, 0) is 6.42 Å². The zero-order valence-electron chi connectivity index (χ0n) is 9.33. The number of hydrogen-bond acceptors (Lipinski definition) is 4. The molecule has 0 bridgehead atoms. The minimum Gasteiger partial charge on any atom is -0.386 e. The van der Waals surface area contributed by atoms with Gasteiger partial charge in [0.2, 0.25) is 0 Å². The highest BCUT2D eigenvalue weighted by Gasteiger charge is 2.13. The van der Waals surface area contributed by atoms with Crippen molar-refractivity contribution >= 4 is 0 Å². The average Bonchev–Trinajstić information content (AvgIpc) is 2.87. The molecule has 6 nitrogen and oxygen atoms in total. The summed E-state index contributed by atoms with van der Waals surface area (Å²) in [6.45, 7) is 4.12. The molecule has 2 rings (SSSR count). The minimum atomic E-state index is -0.658. The fourth-order valence-corrected chi connectivity index (χ4v) is 1.45. The molecule has 1 unspecified atom stereocenters. The van der Waals surface area contributed by atoms with Crippen LogP contribution in [0.3, 0.4) is 0 Å². The van der Waals surface area contributed by atoms with Crippen LogP contribution in [-0.4, -0.2) is 30.3 Å². The van der Waals surface area contributed by atoms with Gasteiger partial charge < -0.3 is 5.11 Å². The number of hydrogen-bond donors (Lipinski definition) is 2. The SMILES string of the molecule is CC(C)n1ccc(CC(O)c2cn[nH]n2)n1. The van der Waals surface area contributed by atoms with Gasteiger partial charge in [-0.05, 0) is 19.9 Å². The van der Waals surface area contributed by atoms with Crippen LogP contribution in [0.25, 0.3) is 0 Å². The van der Waals surface area contributed by atoms with E-state index in [0.717, 1.165) is 5.69 Å². The van der Waals surface area contributed by atoms with Crippen molar-refractivity contribution in [3.8, 4) is 0 Å². The van der Waals surface area contributed by atoms with Gasteiger partial charge in [0.15, 0.2) is 0 Å². The van der Waals surface area contributed by atoms with Gasteiger partial charge in [0.25, 0.3) is 0 Å². The van der Waals surface area contributed by atoms with Crippen molar-refractivity contribution in [2.24, 2.45) is 0 Å². The number of nitrogens with zero attached hydrogens (tertiary/aromatic N) is 4. The lowest BCUT2D eigenvalue weighted by Crippen LogP contribution is -2.05. The first-order valence-electron chi connectivity index (χ1n) is 5.24. The van der Waals surface area contributed by atoms with Crippen LogP contribution in [0.1, 0.15) is 37.4 Å². The number of rotatable bonds is 4. The topological polar surface area (TPSA) is 79.6 Å². The Hall–Kier alpha value is -1.69. The van der Waals surface area contributed by atoms with Crippen LogP contribution < -0.4 is 0 Å². The van der Waals surface area contributed by atoms with E-state index in [1.807, 2.05) is 16.9 Å². The molecule has 16 heavy (non-hydrogen) atoms. The summed E-state index contributed by atoms with van der Waals surface area (Å²) in [5.41, 5.74) is 1.39. The minimum absolute atomic E-state index is 0.331. The summed E-state index contributed by atoms with van der Waals surface area (Å²) in [5.74, 6) is 0. The first kappa shape index (κ1) is 10.8. The number of H-pyrrole nitrogens is 1. The summed E-state index contributed by atoms with van der Waals surface area (Å²) in [4.78, 5) is 0. The van der Waals surface area contributed by atoms with Gasteiger partial charge in [-0.2, -0.15) is 20.5 Å².